The highest BCUT2D eigenvalue weighted by Gasteiger charge is 2.13. The molecule has 2 N–H and O–H groups in total. The first-order valence-electron chi connectivity index (χ1n) is 7.74. The van der Waals surface area contributed by atoms with E-state index < -0.39 is 0 Å². The van der Waals surface area contributed by atoms with E-state index in [0.29, 0.717) is 10.9 Å². The number of nitrogens with one attached hydrogen (secondary N) is 2. The van der Waals surface area contributed by atoms with Crippen LogP contribution in [0.25, 0.3) is 0 Å². The van der Waals surface area contributed by atoms with Crippen LogP contribution in [0.5, 0.6) is 0 Å². The number of hydrogen-bond acceptors (Lipinski definition) is 4. The van der Waals surface area contributed by atoms with Gasteiger partial charge in [-0.25, -0.2) is 4.79 Å². The number of carbonyl (C=O) groups is 1. The fraction of sp³-hybridized carbons (Fsp3) is 0.412. The molecular formula is C17H23N3O2S. The van der Waals surface area contributed by atoms with Gasteiger partial charge in [0.1, 0.15) is 12.0 Å². The quantitative estimate of drug-likeness (QED) is 0.748. The number of amides is 2. The Bertz CT molecular complexity index is 643. The highest BCUT2D eigenvalue weighted by molar-refractivity contribution is 7.99. The van der Waals surface area contributed by atoms with Gasteiger partial charge in [0.25, 0.3) is 0 Å². The van der Waals surface area contributed by atoms with E-state index in [1.54, 1.807) is 6.07 Å². The summed E-state index contributed by atoms with van der Waals surface area (Å²) in [4.78, 5) is 13.3. The van der Waals surface area contributed by atoms with Crippen LogP contribution in [0, 0.1) is 6.92 Å². The molecule has 2 aromatic rings. The summed E-state index contributed by atoms with van der Waals surface area (Å²) < 4.78 is 4.78. The van der Waals surface area contributed by atoms with Gasteiger partial charge < -0.3 is 15.2 Å². The van der Waals surface area contributed by atoms with Crippen molar-refractivity contribution in [3.05, 3.63) is 41.8 Å². The van der Waals surface area contributed by atoms with Crippen molar-refractivity contribution in [2.75, 3.05) is 5.32 Å². The molecular weight excluding hydrogens is 310 g/mol. The van der Waals surface area contributed by atoms with Crippen LogP contribution in [-0.2, 0) is 0 Å². The summed E-state index contributed by atoms with van der Waals surface area (Å²) in [7, 11) is 0. The van der Waals surface area contributed by atoms with Gasteiger partial charge in [0, 0.05) is 21.9 Å². The lowest BCUT2D eigenvalue weighted by Crippen LogP contribution is -2.31. The standard InChI is InChI=1S/C17H23N3O2S/c1-5-12(3)23-14-6-7-15(11(2)10-14)19-17(21)18-13(4)16-8-9-22-20-16/h6-10,12-13H,5H2,1-4H3,(H2,18,19,21)/t12-,13+/m0/s1. The number of aromatic nitrogens is 1. The summed E-state index contributed by atoms with van der Waals surface area (Å²) in [6.45, 7) is 8.25. The number of aryl methyl sites for hydroxylation is 1. The molecule has 0 radical (unpaired) electrons. The Kier molecular flexibility index (Phi) is 6.10. The number of benzene rings is 1. The van der Waals surface area contributed by atoms with Gasteiger partial charge in [0.2, 0.25) is 0 Å². The first-order chi connectivity index (χ1) is 11.0. The zero-order valence-electron chi connectivity index (χ0n) is 13.9. The lowest BCUT2D eigenvalue weighted by molar-refractivity contribution is 0.248. The van der Waals surface area contributed by atoms with E-state index in [4.69, 9.17) is 4.52 Å². The Morgan fingerprint density at radius 1 is 1.35 bits per heavy atom. The first-order valence-corrected chi connectivity index (χ1v) is 8.62. The summed E-state index contributed by atoms with van der Waals surface area (Å²) >= 11 is 1.85. The molecule has 0 spiro atoms. The Balaban J connectivity index is 1.95. The minimum atomic E-state index is -0.258. The van der Waals surface area contributed by atoms with Crippen molar-refractivity contribution in [2.45, 2.75) is 50.3 Å². The number of carbonyl (C=O) groups excluding carboxylic acids is 1. The predicted octanol–water partition coefficient (Wildman–Crippen LogP) is 4.76. The van der Waals surface area contributed by atoms with E-state index in [1.165, 1.54) is 11.2 Å². The molecule has 0 fully saturated rings. The van der Waals surface area contributed by atoms with Crippen molar-refractivity contribution in [2.24, 2.45) is 0 Å². The minimum absolute atomic E-state index is 0.214. The summed E-state index contributed by atoms with van der Waals surface area (Å²) in [6, 6.07) is 7.35. The Hall–Kier alpha value is -1.95. The van der Waals surface area contributed by atoms with Crippen LogP contribution < -0.4 is 10.6 Å². The third-order valence-corrected chi connectivity index (χ3v) is 4.87. The topological polar surface area (TPSA) is 67.2 Å². The van der Waals surface area contributed by atoms with Crippen molar-refractivity contribution in [3.63, 3.8) is 0 Å². The minimum Gasteiger partial charge on any atom is -0.364 e. The molecule has 0 aliphatic rings. The molecule has 2 amide bonds. The van der Waals surface area contributed by atoms with Crippen LogP contribution in [-0.4, -0.2) is 16.4 Å². The van der Waals surface area contributed by atoms with E-state index in [1.807, 2.05) is 37.7 Å². The average Bonchev–Trinajstić information content (AvgIpc) is 3.04. The summed E-state index contributed by atoms with van der Waals surface area (Å²) in [6.07, 6.45) is 2.62. The average molecular weight is 333 g/mol. The van der Waals surface area contributed by atoms with Crippen LogP contribution in [0.2, 0.25) is 0 Å². The second kappa shape index (κ2) is 8.06. The maximum absolute atomic E-state index is 12.1. The van der Waals surface area contributed by atoms with Crippen molar-refractivity contribution in [1.29, 1.82) is 0 Å². The molecule has 0 aliphatic carbocycles. The van der Waals surface area contributed by atoms with Crippen molar-refractivity contribution in [1.82, 2.24) is 10.5 Å². The van der Waals surface area contributed by atoms with E-state index >= 15 is 0 Å². The number of anilines is 1. The van der Waals surface area contributed by atoms with E-state index in [-0.39, 0.29) is 12.1 Å². The van der Waals surface area contributed by atoms with Crippen LogP contribution >= 0.6 is 11.8 Å². The third kappa shape index (κ3) is 5.03. The summed E-state index contributed by atoms with van der Waals surface area (Å²) in [5.74, 6) is 0. The highest BCUT2D eigenvalue weighted by atomic mass is 32.2. The molecule has 1 aromatic carbocycles. The maximum atomic E-state index is 12.1. The third-order valence-electron chi connectivity index (χ3n) is 3.61. The lowest BCUT2D eigenvalue weighted by atomic mass is 10.2. The molecule has 6 heteroatoms. The molecule has 0 saturated heterocycles. The number of rotatable bonds is 6. The second-order valence-corrected chi connectivity index (χ2v) is 7.07. The van der Waals surface area contributed by atoms with Gasteiger partial charge >= 0.3 is 6.03 Å². The number of urea groups is 1. The molecule has 23 heavy (non-hydrogen) atoms. The van der Waals surface area contributed by atoms with Crippen LogP contribution in [0.3, 0.4) is 0 Å². The fourth-order valence-corrected chi connectivity index (χ4v) is 3.06. The largest absolute Gasteiger partial charge is 0.364 e. The van der Waals surface area contributed by atoms with Crippen molar-refractivity contribution < 1.29 is 9.32 Å². The van der Waals surface area contributed by atoms with Gasteiger partial charge in [-0.15, -0.1) is 11.8 Å². The summed E-state index contributed by atoms with van der Waals surface area (Å²) in [5.41, 5.74) is 2.54. The molecule has 0 aliphatic heterocycles. The fourth-order valence-electron chi connectivity index (χ4n) is 2.04. The van der Waals surface area contributed by atoms with Crippen molar-refractivity contribution >= 4 is 23.5 Å². The van der Waals surface area contributed by atoms with Gasteiger partial charge in [-0.2, -0.15) is 0 Å². The predicted molar refractivity (Wildman–Crippen MR) is 93.9 cm³/mol. The SMILES string of the molecule is CC[C@H](C)Sc1ccc(NC(=O)N[C@H](C)c2ccon2)c(C)c1. The number of hydrogen-bond donors (Lipinski definition) is 2. The molecule has 0 bridgehead atoms. The van der Waals surface area contributed by atoms with E-state index in [0.717, 1.165) is 17.7 Å². The molecule has 1 heterocycles. The summed E-state index contributed by atoms with van der Waals surface area (Å²) in [5, 5.41) is 10.1. The first kappa shape index (κ1) is 17.4. The molecule has 1 aromatic heterocycles. The zero-order chi connectivity index (χ0) is 16.8. The molecule has 2 rings (SSSR count). The van der Waals surface area contributed by atoms with E-state index in [2.05, 4.69) is 35.7 Å². The maximum Gasteiger partial charge on any atom is 0.319 e. The lowest BCUT2D eigenvalue weighted by Gasteiger charge is -2.15. The highest BCUT2D eigenvalue weighted by Crippen LogP contribution is 2.28. The van der Waals surface area contributed by atoms with Gasteiger partial charge in [0.05, 0.1) is 6.04 Å². The number of thioether (sulfide) groups is 1. The molecule has 124 valence electrons. The molecule has 0 saturated carbocycles. The van der Waals surface area contributed by atoms with Gasteiger partial charge in [-0.05, 0) is 44.0 Å². The molecule has 2 atom stereocenters. The van der Waals surface area contributed by atoms with E-state index in [9.17, 15) is 4.79 Å². The second-order valence-electron chi connectivity index (χ2n) is 5.56. The monoisotopic (exact) mass is 333 g/mol. The number of nitrogens with zero attached hydrogens (tertiary/aromatic N) is 1. The van der Waals surface area contributed by atoms with Crippen LogP contribution in [0.4, 0.5) is 10.5 Å². The Morgan fingerprint density at radius 3 is 2.74 bits per heavy atom. The molecule has 0 unspecified atom stereocenters. The Morgan fingerprint density at radius 2 is 2.13 bits per heavy atom. The van der Waals surface area contributed by atoms with Crippen LogP contribution in [0.1, 0.15) is 44.5 Å². The Labute approximate surface area is 141 Å². The molecule has 5 nitrogen and oxygen atoms in total. The van der Waals surface area contributed by atoms with Crippen molar-refractivity contribution in [3.8, 4) is 0 Å². The zero-order valence-corrected chi connectivity index (χ0v) is 14.7. The van der Waals surface area contributed by atoms with Gasteiger partial charge in [-0.3, -0.25) is 0 Å². The van der Waals surface area contributed by atoms with Gasteiger partial charge in [0.15, 0.2) is 0 Å². The van der Waals surface area contributed by atoms with Gasteiger partial charge in [-0.1, -0.05) is 19.0 Å². The smallest absolute Gasteiger partial charge is 0.319 e. The normalized spacial score (nSPS) is 13.4. The van der Waals surface area contributed by atoms with Crippen LogP contribution in [0.15, 0.2) is 39.9 Å².